The van der Waals surface area contributed by atoms with Crippen molar-refractivity contribution in [2.75, 3.05) is 13.6 Å². The fraction of sp³-hybridized carbons (Fsp3) is 0.368. The molecule has 0 aliphatic rings. The van der Waals surface area contributed by atoms with Gasteiger partial charge in [-0.3, -0.25) is 0 Å². The third kappa shape index (κ3) is 4.42. The standard InChI is InChI=1S/C19H25NO/c1-3-18(19(21)17-12-8-5-9-13-17)20(2)15-14-16-10-6-4-7-11-16/h4-13,18-19,21H,3,14-15H2,1-2H3. The maximum absolute atomic E-state index is 10.6. The molecule has 0 saturated heterocycles. The molecule has 0 radical (unpaired) electrons. The average Bonchev–Trinajstić information content (AvgIpc) is 2.55. The van der Waals surface area contributed by atoms with Gasteiger partial charge in [0.2, 0.25) is 0 Å². The van der Waals surface area contributed by atoms with Crippen molar-refractivity contribution in [1.82, 2.24) is 4.90 Å². The summed E-state index contributed by atoms with van der Waals surface area (Å²) in [6.45, 7) is 3.09. The van der Waals surface area contributed by atoms with Gasteiger partial charge in [-0.15, -0.1) is 0 Å². The zero-order chi connectivity index (χ0) is 15.1. The lowest BCUT2D eigenvalue weighted by Crippen LogP contribution is -2.37. The van der Waals surface area contributed by atoms with Crippen molar-refractivity contribution in [1.29, 1.82) is 0 Å². The van der Waals surface area contributed by atoms with Gasteiger partial charge in [0.15, 0.2) is 0 Å². The van der Waals surface area contributed by atoms with Crippen molar-refractivity contribution < 1.29 is 5.11 Å². The zero-order valence-corrected chi connectivity index (χ0v) is 12.9. The van der Waals surface area contributed by atoms with Crippen LogP contribution in [0.5, 0.6) is 0 Å². The van der Waals surface area contributed by atoms with Gasteiger partial charge in [0.25, 0.3) is 0 Å². The topological polar surface area (TPSA) is 23.5 Å². The predicted octanol–water partition coefficient (Wildman–Crippen LogP) is 3.67. The number of aliphatic hydroxyl groups is 1. The first-order valence-corrected chi connectivity index (χ1v) is 7.69. The van der Waals surface area contributed by atoms with Crippen molar-refractivity contribution in [2.24, 2.45) is 0 Å². The molecule has 0 spiro atoms. The lowest BCUT2D eigenvalue weighted by Gasteiger charge is -2.31. The number of hydrogen-bond donors (Lipinski definition) is 1. The Bertz CT molecular complexity index is 512. The highest BCUT2D eigenvalue weighted by Gasteiger charge is 2.22. The molecule has 112 valence electrons. The van der Waals surface area contributed by atoms with Crippen molar-refractivity contribution in [3.05, 3.63) is 71.8 Å². The van der Waals surface area contributed by atoms with Gasteiger partial charge >= 0.3 is 0 Å². The van der Waals surface area contributed by atoms with Crippen LogP contribution < -0.4 is 0 Å². The van der Waals surface area contributed by atoms with Gasteiger partial charge in [0.1, 0.15) is 0 Å². The summed E-state index contributed by atoms with van der Waals surface area (Å²) in [5, 5.41) is 10.6. The molecule has 2 aromatic carbocycles. The maximum atomic E-state index is 10.6. The van der Waals surface area contributed by atoms with E-state index >= 15 is 0 Å². The number of likely N-dealkylation sites (N-methyl/N-ethyl adjacent to an activating group) is 1. The van der Waals surface area contributed by atoms with Crippen molar-refractivity contribution in [2.45, 2.75) is 31.9 Å². The van der Waals surface area contributed by atoms with Crippen LogP contribution in [0, 0.1) is 0 Å². The molecule has 0 heterocycles. The normalized spacial score (nSPS) is 14.1. The Balaban J connectivity index is 1.96. The monoisotopic (exact) mass is 283 g/mol. The van der Waals surface area contributed by atoms with E-state index in [9.17, 15) is 5.11 Å². The van der Waals surface area contributed by atoms with Gasteiger partial charge in [0.05, 0.1) is 6.10 Å². The second-order valence-electron chi connectivity index (χ2n) is 5.55. The maximum Gasteiger partial charge on any atom is 0.0944 e. The summed E-state index contributed by atoms with van der Waals surface area (Å²) in [4.78, 5) is 2.27. The van der Waals surface area contributed by atoms with Gasteiger partial charge in [0, 0.05) is 12.6 Å². The molecule has 0 aromatic heterocycles. The number of aliphatic hydroxyl groups excluding tert-OH is 1. The highest BCUT2D eigenvalue weighted by molar-refractivity contribution is 5.19. The summed E-state index contributed by atoms with van der Waals surface area (Å²) >= 11 is 0. The van der Waals surface area contributed by atoms with E-state index in [0.29, 0.717) is 0 Å². The molecule has 2 nitrogen and oxygen atoms in total. The molecule has 21 heavy (non-hydrogen) atoms. The largest absolute Gasteiger partial charge is 0.387 e. The molecule has 0 aliphatic heterocycles. The number of rotatable bonds is 7. The molecule has 2 aromatic rings. The Morgan fingerprint density at radius 1 is 0.952 bits per heavy atom. The molecule has 1 N–H and O–H groups in total. The number of benzene rings is 2. The van der Waals surface area contributed by atoms with Crippen LogP contribution >= 0.6 is 0 Å². The molecule has 0 fully saturated rings. The first-order valence-electron chi connectivity index (χ1n) is 7.69. The summed E-state index contributed by atoms with van der Waals surface area (Å²) < 4.78 is 0. The van der Waals surface area contributed by atoms with Crippen LogP contribution in [-0.2, 0) is 6.42 Å². The van der Waals surface area contributed by atoms with Crippen LogP contribution in [-0.4, -0.2) is 29.6 Å². The zero-order valence-electron chi connectivity index (χ0n) is 12.9. The highest BCUT2D eigenvalue weighted by atomic mass is 16.3. The molecule has 2 heteroatoms. The minimum atomic E-state index is -0.433. The summed E-state index contributed by atoms with van der Waals surface area (Å²) in [6.07, 6.45) is 1.51. The average molecular weight is 283 g/mol. The third-order valence-electron chi connectivity index (χ3n) is 4.09. The van der Waals surface area contributed by atoms with Crippen LogP contribution in [0.2, 0.25) is 0 Å². The minimum Gasteiger partial charge on any atom is -0.387 e. The SMILES string of the molecule is CCC(C(O)c1ccccc1)N(C)CCc1ccccc1. The molecular formula is C19H25NO. The van der Waals surface area contributed by atoms with Gasteiger partial charge < -0.3 is 10.0 Å². The van der Waals surface area contributed by atoms with E-state index in [2.05, 4.69) is 43.1 Å². The van der Waals surface area contributed by atoms with Crippen LogP contribution in [0.3, 0.4) is 0 Å². The van der Waals surface area contributed by atoms with Gasteiger partial charge in [-0.05, 0) is 31.0 Å². The molecule has 0 aliphatic carbocycles. The Labute approximate surface area is 128 Å². The second kappa shape index (κ2) is 7.96. The molecule has 0 amide bonds. The number of hydrogen-bond acceptors (Lipinski definition) is 2. The lowest BCUT2D eigenvalue weighted by atomic mass is 9.99. The van der Waals surface area contributed by atoms with E-state index < -0.39 is 6.10 Å². The van der Waals surface area contributed by atoms with E-state index in [1.165, 1.54) is 5.56 Å². The second-order valence-corrected chi connectivity index (χ2v) is 5.55. The Morgan fingerprint density at radius 2 is 1.52 bits per heavy atom. The predicted molar refractivity (Wildman–Crippen MR) is 88.3 cm³/mol. The van der Waals surface area contributed by atoms with Crippen LogP contribution in [0.15, 0.2) is 60.7 Å². The van der Waals surface area contributed by atoms with E-state index in [1.807, 2.05) is 36.4 Å². The minimum absolute atomic E-state index is 0.149. The first-order chi connectivity index (χ1) is 10.2. The van der Waals surface area contributed by atoms with Gasteiger partial charge in [-0.1, -0.05) is 67.6 Å². The van der Waals surface area contributed by atoms with Crippen LogP contribution in [0.25, 0.3) is 0 Å². The first kappa shape index (κ1) is 15.7. The lowest BCUT2D eigenvalue weighted by molar-refractivity contribution is 0.0607. The Kier molecular flexibility index (Phi) is 5.97. The molecule has 2 unspecified atom stereocenters. The summed E-state index contributed by atoms with van der Waals surface area (Å²) in [6, 6.07) is 20.6. The van der Waals surface area contributed by atoms with Crippen molar-refractivity contribution in [3.63, 3.8) is 0 Å². The molecule has 2 atom stereocenters. The van der Waals surface area contributed by atoms with E-state index in [-0.39, 0.29) is 6.04 Å². The summed E-state index contributed by atoms with van der Waals surface area (Å²) in [5.74, 6) is 0. The fourth-order valence-electron chi connectivity index (χ4n) is 2.76. The van der Waals surface area contributed by atoms with Gasteiger partial charge in [-0.2, -0.15) is 0 Å². The van der Waals surface area contributed by atoms with Crippen LogP contribution in [0.1, 0.15) is 30.6 Å². The molecule has 0 saturated carbocycles. The van der Waals surface area contributed by atoms with Crippen molar-refractivity contribution >= 4 is 0 Å². The van der Waals surface area contributed by atoms with E-state index in [0.717, 1.165) is 24.9 Å². The van der Waals surface area contributed by atoms with E-state index in [4.69, 9.17) is 0 Å². The Morgan fingerprint density at radius 3 is 2.10 bits per heavy atom. The van der Waals surface area contributed by atoms with Crippen molar-refractivity contribution in [3.8, 4) is 0 Å². The molecule has 0 bridgehead atoms. The fourth-order valence-corrected chi connectivity index (χ4v) is 2.76. The molecule has 2 rings (SSSR count). The van der Waals surface area contributed by atoms with E-state index in [1.54, 1.807) is 0 Å². The third-order valence-corrected chi connectivity index (χ3v) is 4.09. The quantitative estimate of drug-likeness (QED) is 0.838. The summed E-state index contributed by atoms with van der Waals surface area (Å²) in [7, 11) is 2.10. The van der Waals surface area contributed by atoms with Gasteiger partial charge in [-0.25, -0.2) is 0 Å². The smallest absolute Gasteiger partial charge is 0.0944 e. The van der Waals surface area contributed by atoms with Crippen LogP contribution in [0.4, 0.5) is 0 Å². The Hall–Kier alpha value is -1.64. The molecular weight excluding hydrogens is 258 g/mol. The summed E-state index contributed by atoms with van der Waals surface area (Å²) in [5.41, 5.74) is 2.34. The highest BCUT2D eigenvalue weighted by Crippen LogP contribution is 2.22. The number of nitrogens with zero attached hydrogens (tertiary/aromatic N) is 1.